The first-order valence-corrected chi connectivity index (χ1v) is 9.96. The van der Waals surface area contributed by atoms with Crippen LogP contribution in [0.25, 0.3) is 0 Å². The molecule has 0 aromatic heterocycles. The Morgan fingerprint density at radius 3 is 2.37 bits per heavy atom. The van der Waals surface area contributed by atoms with Gasteiger partial charge >= 0.3 is 6.09 Å². The zero-order valence-corrected chi connectivity index (χ0v) is 17.1. The van der Waals surface area contributed by atoms with E-state index in [1.165, 1.54) is 31.4 Å². The Labute approximate surface area is 166 Å². The van der Waals surface area contributed by atoms with E-state index < -0.39 is 22.1 Å². The van der Waals surface area contributed by atoms with E-state index in [0.29, 0.717) is 18.9 Å². The van der Waals surface area contributed by atoms with Crippen molar-refractivity contribution in [3.05, 3.63) is 39.9 Å². The molecule has 7 heteroatoms. The Morgan fingerprint density at radius 1 is 1.26 bits per heavy atom. The van der Waals surface area contributed by atoms with Crippen molar-refractivity contribution >= 4 is 23.4 Å². The lowest BCUT2D eigenvalue weighted by molar-refractivity contribution is -0.384. The van der Waals surface area contributed by atoms with Gasteiger partial charge < -0.3 is 4.74 Å². The molecule has 1 amide bonds. The van der Waals surface area contributed by atoms with E-state index in [1.807, 2.05) is 20.8 Å². The zero-order valence-electron chi connectivity index (χ0n) is 16.3. The van der Waals surface area contributed by atoms with Crippen molar-refractivity contribution in [2.45, 2.75) is 70.4 Å². The van der Waals surface area contributed by atoms with E-state index in [2.05, 4.69) is 0 Å². The van der Waals surface area contributed by atoms with Crippen molar-refractivity contribution in [3.8, 4) is 0 Å². The van der Waals surface area contributed by atoms with Gasteiger partial charge in [-0.05, 0) is 45.1 Å². The van der Waals surface area contributed by atoms with Gasteiger partial charge in [0, 0.05) is 25.1 Å². The summed E-state index contributed by atoms with van der Waals surface area (Å²) in [6, 6.07) is 6.28. The summed E-state index contributed by atoms with van der Waals surface area (Å²) in [7, 11) is 0. The predicted octanol–water partition coefficient (Wildman–Crippen LogP) is 5.52. The molecule has 1 unspecified atom stereocenters. The minimum absolute atomic E-state index is 0.0380. The van der Waals surface area contributed by atoms with Crippen LogP contribution in [-0.2, 0) is 11.2 Å². The maximum atomic E-state index is 12.7. The molecule has 1 fully saturated rings. The SMILES string of the molecule is CC(C)(C)OC(=O)N(CC1CCCCC1)C(Cl)Cc1ccc([N+](=O)[O-])cc1. The highest BCUT2D eigenvalue weighted by Gasteiger charge is 2.30. The van der Waals surface area contributed by atoms with Crippen LogP contribution in [0, 0.1) is 16.0 Å². The Kier molecular flexibility index (Phi) is 7.48. The molecule has 0 heterocycles. The third kappa shape index (κ3) is 7.01. The van der Waals surface area contributed by atoms with Gasteiger partial charge in [-0.15, -0.1) is 0 Å². The minimum Gasteiger partial charge on any atom is -0.444 e. The van der Waals surface area contributed by atoms with Crippen molar-refractivity contribution in [1.29, 1.82) is 0 Å². The number of hydrogen-bond donors (Lipinski definition) is 0. The van der Waals surface area contributed by atoms with Crippen LogP contribution in [0.1, 0.15) is 58.4 Å². The van der Waals surface area contributed by atoms with Crippen LogP contribution in [-0.4, -0.2) is 33.6 Å². The summed E-state index contributed by atoms with van der Waals surface area (Å²) in [4.78, 5) is 24.7. The molecule has 0 aliphatic heterocycles. The number of halogens is 1. The van der Waals surface area contributed by atoms with Crippen LogP contribution in [0.2, 0.25) is 0 Å². The van der Waals surface area contributed by atoms with Crippen LogP contribution in [0.15, 0.2) is 24.3 Å². The number of ether oxygens (including phenoxy) is 1. The smallest absolute Gasteiger partial charge is 0.411 e. The van der Waals surface area contributed by atoms with Gasteiger partial charge in [0.1, 0.15) is 11.1 Å². The second kappa shape index (κ2) is 9.40. The number of nitrogens with zero attached hydrogens (tertiary/aromatic N) is 2. The van der Waals surface area contributed by atoms with E-state index in [9.17, 15) is 14.9 Å². The first-order chi connectivity index (χ1) is 12.7. The molecule has 0 spiro atoms. The van der Waals surface area contributed by atoms with Gasteiger partial charge in [0.15, 0.2) is 0 Å². The van der Waals surface area contributed by atoms with Gasteiger partial charge in [-0.1, -0.05) is 43.0 Å². The monoisotopic (exact) mass is 396 g/mol. The fraction of sp³-hybridized carbons (Fsp3) is 0.650. The highest BCUT2D eigenvalue weighted by Crippen LogP contribution is 2.27. The van der Waals surface area contributed by atoms with Gasteiger partial charge in [-0.25, -0.2) is 4.79 Å². The normalized spacial score (nSPS) is 16.6. The van der Waals surface area contributed by atoms with Crippen LogP contribution >= 0.6 is 11.6 Å². The molecule has 150 valence electrons. The number of benzene rings is 1. The van der Waals surface area contributed by atoms with Gasteiger partial charge in [0.05, 0.1) is 4.92 Å². The number of non-ortho nitro benzene ring substituents is 1. The first kappa shape index (κ1) is 21.5. The Hall–Kier alpha value is -1.82. The zero-order chi connectivity index (χ0) is 20.0. The summed E-state index contributed by atoms with van der Waals surface area (Å²) in [5.41, 5.74) is -0.275. The quantitative estimate of drug-likeness (QED) is 0.274. The van der Waals surface area contributed by atoms with Crippen LogP contribution in [0.5, 0.6) is 0 Å². The number of hydrogen-bond acceptors (Lipinski definition) is 4. The molecule has 6 nitrogen and oxygen atoms in total. The summed E-state index contributed by atoms with van der Waals surface area (Å²) in [5.74, 6) is 0.435. The predicted molar refractivity (Wildman–Crippen MR) is 106 cm³/mol. The second-order valence-electron chi connectivity index (χ2n) is 8.20. The molecule has 0 N–H and O–H groups in total. The van der Waals surface area contributed by atoms with Crippen molar-refractivity contribution in [3.63, 3.8) is 0 Å². The number of carbonyl (C=O) groups excluding carboxylic acids is 1. The lowest BCUT2D eigenvalue weighted by Gasteiger charge is -2.34. The molecule has 1 aliphatic carbocycles. The summed E-state index contributed by atoms with van der Waals surface area (Å²) in [5, 5.41) is 10.8. The number of rotatable bonds is 6. The molecule has 1 aliphatic rings. The maximum Gasteiger partial charge on any atom is 0.411 e. The van der Waals surface area contributed by atoms with Crippen molar-refractivity contribution in [2.24, 2.45) is 5.92 Å². The van der Waals surface area contributed by atoms with Gasteiger partial charge in [-0.3, -0.25) is 15.0 Å². The average molecular weight is 397 g/mol. The van der Waals surface area contributed by atoms with E-state index in [1.54, 1.807) is 17.0 Å². The second-order valence-corrected chi connectivity index (χ2v) is 8.70. The maximum absolute atomic E-state index is 12.7. The fourth-order valence-corrected chi connectivity index (χ4v) is 3.67. The lowest BCUT2D eigenvalue weighted by atomic mass is 9.89. The largest absolute Gasteiger partial charge is 0.444 e. The molecular weight excluding hydrogens is 368 g/mol. The topological polar surface area (TPSA) is 72.7 Å². The molecule has 0 bridgehead atoms. The fourth-order valence-electron chi connectivity index (χ4n) is 3.33. The van der Waals surface area contributed by atoms with Gasteiger partial charge in [0.25, 0.3) is 5.69 Å². The van der Waals surface area contributed by atoms with Gasteiger partial charge in [0.2, 0.25) is 0 Å². The van der Waals surface area contributed by atoms with Crippen molar-refractivity contribution < 1.29 is 14.5 Å². The van der Waals surface area contributed by atoms with Crippen molar-refractivity contribution in [1.82, 2.24) is 4.90 Å². The molecule has 1 aromatic rings. The first-order valence-electron chi connectivity index (χ1n) is 9.53. The third-order valence-electron chi connectivity index (χ3n) is 4.70. The molecule has 1 atom stereocenters. The van der Waals surface area contributed by atoms with E-state index in [-0.39, 0.29) is 5.69 Å². The summed E-state index contributed by atoms with van der Waals surface area (Å²) < 4.78 is 5.56. The van der Waals surface area contributed by atoms with Gasteiger partial charge in [-0.2, -0.15) is 0 Å². The van der Waals surface area contributed by atoms with Crippen molar-refractivity contribution in [2.75, 3.05) is 6.54 Å². The van der Waals surface area contributed by atoms with Crippen LogP contribution in [0.4, 0.5) is 10.5 Å². The van der Waals surface area contributed by atoms with E-state index >= 15 is 0 Å². The molecule has 1 saturated carbocycles. The lowest BCUT2D eigenvalue weighted by Crippen LogP contribution is -2.44. The third-order valence-corrected chi connectivity index (χ3v) is 5.09. The summed E-state index contributed by atoms with van der Waals surface area (Å²) in [6.07, 6.45) is 5.81. The summed E-state index contributed by atoms with van der Waals surface area (Å²) >= 11 is 6.62. The standard InChI is InChI=1S/C20H29ClN2O4/c1-20(2,3)27-19(24)22(14-16-7-5-4-6-8-16)18(21)13-15-9-11-17(12-10-15)23(25)26/h9-12,16,18H,4-8,13-14H2,1-3H3. The number of amides is 1. The highest BCUT2D eigenvalue weighted by atomic mass is 35.5. The molecular formula is C20H29ClN2O4. The molecule has 27 heavy (non-hydrogen) atoms. The summed E-state index contributed by atoms with van der Waals surface area (Å²) in [6.45, 7) is 6.09. The Balaban J connectivity index is 2.09. The molecule has 2 rings (SSSR count). The highest BCUT2D eigenvalue weighted by molar-refractivity contribution is 6.21. The number of nitro benzene ring substituents is 1. The van der Waals surface area contributed by atoms with E-state index in [4.69, 9.17) is 16.3 Å². The van der Waals surface area contributed by atoms with Crippen LogP contribution in [0.3, 0.4) is 0 Å². The molecule has 1 aromatic carbocycles. The molecule has 0 saturated heterocycles. The number of carbonyl (C=O) groups is 1. The Morgan fingerprint density at radius 2 is 1.85 bits per heavy atom. The Bertz CT molecular complexity index is 636. The van der Waals surface area contributed by atoms with Crippen LogP contribution < -0.4 is 0 Å². The van der Waals surface area contributed by atoms with E-state index in [0.717, 1.165) is 18.4 Å². The minimum atomic E-state index is -0.591. The number of nitro groups is 1. The molecule has 0 radical (unpaired) electrons. The average Bonchev–Trinajstić information content (AvgIpc) is 2.59. The number of alkyl halides is 1.